The zero-order chi connectivity index (χ0) is 13.0. The van der Waals surface area contributed by atoms with Crippen LogP contribution in [-0.4, -0.2) is 25.5 Å². The third-order valence-electron chi connectivity index (χ3n) is 3.62. The molecule has 1 amide bonds. The van der Waals surface area contributed by atoms with E-state index in [1.807, 2.05) is 0 Å². The van der Waals surface area contributed by atoms with Gasteiger partial charge in [0.15, 0.2) is 0 Å². The van der Waals surface area contributed by atoms with Crippen LogP contribution < -0.4 is 10.6 Å². The fourth-order valence-corrected chi connectivity index (χ4v) is 2.25. The van der Waals surface area contributed by atoms with Gasteiger partial charge in [-0.3, -0.25) is 4.79 Å². The summed E-state index contributed by atoms with van der Waals surface area (Å²) in [4.78, 5) is 11.9. The van der Waals surface area contributed by atoms with Crippen LogP contribution in [0.2, 0.25) is 0 Å². The van der Waals surface area contributed by atoms with Crippen molar-refractivity contribution in [2.45, 2.75) is 13.3 Å². The molecule has 3 nitrogen and oxygen atoms in total. The molecule has 0 radical (unpaired) electrons. The highest BCUT2D eigenvalue weighted by molar-refractivity contribution is 5.94. The van der Waals surface area contributed by atoms with Gasteiger partial charge < -0.3 is 10.6 Å². The van der Waals surface area contributed by atoms with E-state index < -0.39 is 0 Å². The lowest BCUT2D eigenvalue weighted by atomic mass is 9.88. The molecule has 0 aromatic heterocycles. The third-order valence-corrected chi connectivity index (χ3v) is 3.62. The van der Waals surface area contributed by atoms with Gasteiger partial charge in [0, 0.05) is 12.1 Å². The first-order valence-corrected chi connectivity index (χ1v) is 6.41. The molecule has 1 aromatic carbocycles. The number of benzene rings is 1. The summed E-state index contributed by atoms with van der Waals surface area (Å²) in [5.41, 5.74) is 0.507. The molecule has 2 N–H and O–H groups in total. The zero-order valence-electron chi connectivity index (χ0n) is 10.6. The second-order valence-electron chi connectivity index (χ2n) is 4.95. The standard InChI is InChI=1S/C14H19FN2O/c1-10-6-7-16-8-12(10)9-17-14(18)11-2-4-13(15)5-3-11/h2-5,10,12,16H,6-9H2,1H3,(H,17,18). The van der Waals surface area contributed by atoms with Crippen molar-refractivity contribution in [3.8, 4) is 0 Å². The molecule has 0 aliphatic carbocycles. The Kier molecular flexibility index (Phi) is 4.31. The summed E-state index contributed by atoms with van der Waals surface area (Å²) >= 11 is 0. The van der Waals surface area contributed by atoms with Gasteiger partial charge in [-0.05, 0) is 55.6 Å². The van der Waals surface area contributed by atoms with Gasteiger partial charge in [0.25, 0.3) is 5.91 Å². The van der Waals surface area contributed by atoms with Crippen LogP contribution in [0.1, 0.15) is 23.7 Å². The van der Waals surface area contributed by atoms with Gasteiger partial charge in [-0.25, -0.2) is 4.39 Å². The number of hydrogen-bond acceptors (Lipinski definition) is 2. The Balaban J connectivity index is 1.86. The van der Waals surface area contributed by atoms with Gasteiger partial charge in [-0.1, -0.05) is 6.92 Å². The van der Waals surface area contributed by atoms with E-state index >= 15 is 0 Å². The minimum Gasteiger partial charge on any atom is -0.352 e. The molecule has 98 valence electrons. The van der Waals surface area contributed by atoms with Crippen LogP contribution in [0, 0.1) is 17.7 Å². The van der Waals surface area contributed by atoms with Crippen molar-refractivity contribution in [3.05, 3.63) is 35.6 Å². The molecule has 0 spiro atoms. The average molecular weight is 250 g/mol. The van der Waals surface area contributed by atoms with E-state index in [1.165, 1.54) is 24.3 Å². The van der Waals surface area contributed by atoms with Crippen molar-refractivity contribution in [1.29, 1.82) is 0 Å². The van der Waals surface area contributed by atoms with Crippen molar-refractivity contribution >= 4 is 5.91 Å². The van der Waals surface area contributed by atoms with Crippen LogP contribution in [0.3, 0.4) is 0 Å². The van der Waals surface area contributed by atoms with Crippen molar-refractivity contribution < 1.29 is 9.18 Å². The molecule has 1 aromatic rings. The van der Waals surface area contributed by atoms with Crippen LogP contribution in [0.25, 0.3) is 0 Å². The Morgan fingerprint density at radius 2 is 2.17 bits per heavy atom. The number of hydrogen-bond donors (Lipinski definition) is 2. The Morgan fingerprint density at radius 1 is 1.44 bits per heavy atom. The van der Waals surface area contributed by atoms with Crippen molar-refractivity contribution in [3.63, 3.8) is 0 Å². The molecular formula is C14H19FN2O. The molecule has 1 heterocycles. The summed E-state index contributed by atoms with van der Waals surface area (Å²) in [6, 6.07) is 5.62. The number of piperidine rings is 1. The Labute approximate surface area is 107 Å². The average Bonchev–Trinajstić information content (AvgIpc) is 2.38. The molecule has 2 atom stereocenters. The predicted molar refractivity (Wildman–Crippen MR) is 68.9 cm³/mol. The summed E-state index contributed by atoms with van der Waals surface area (Å²) < 4.78 is 12.7. The summed E-state index contributed by atoms with van der Waals surface area (Å²) in [5.74, 6) is 0.646. The van der Waals surface area contributed by atoms with Gasteiger partial charge in [0.1, 0.15) is 5.82 Å². The van der Waals surface area contributed by atoms with Gasteiger partial charge in [0.05, 0.1) is 0 Å². The normalized spacial score (nSPS) is 23.7. The van der Waals surface area contributed by atoms with Crippen LogP contribution in [0.4, 0.5) is 4.39 Å². The van der Waals surface area contributed by atoms with Gasteiger partial charge in [0.2, 0.25) is 0 Å². The lowest BCUT2D eigenvalue weighted by Crippen LogP contribution is -2.42. The molecule has 1 aliphatic rings. The predicted octanol–water partition coefficient (Wildman–Crippen LogP) is 1.80. The van der Waals surface area contributed by atoms with E-state index in [2.05, 4.69) is 17.6 Å². The highest BCUT2D eigenvalue weighted by Gasteiger charge is 2.21. The molecule has 1 saturated heterocycles. The molecule has 1 aliphatic heterocycles. The minimum absolute atomic E-state index is 0.132. The van der Waals surface area contributed by atoms with Crippen LogP contribution in [-0.2, 0) is 0 Å². The summed E-state index contributed by atoms with van der Waals surface area (Å²) in [5, 5.41) is 6.25. The number of rotatable bonds is 3. The van der Waals surface area contributed by atoms with Gasteiger partial charge >= 0.3 is 0 Å². The quantitative estimate of drug-likeness (QED) is 0.859. The van der Waals surface area contributed by atoms with E-state index in [4.69, 9.17) is 0 Å². The summed E-state index contributed by atoms with van der Waals surface area (Å²) in [6.07, 6.45) is 1.15. The van der Waals surface area contributed by atoms with E-state index in [-0.39, 0.29) is 11.7 Å². The van der Waals surface area contributed by atoms with Crippen molar-refractivity contribution in [1.82, 2.24) is 10.6 Å². The molecule has 4 heteroatoms. The van der Waals surface area contributed by atoms with E-state index in [0.29, 0.717) is 23.9 Å². The lowest BCUT2D eigenvalue weighted by Gasteiger charge is -2.29. The van der Waals surface area contributed by atoms with Crippen molar-refractivity contribution in [2.24, 2.45) is 11.8 Å². The van der Waals surface area contributed by atoms with Crippen molar-refractivity contribution in [2.75, 3.05) is 19.6 Å². The minimum atomic E-state index is -0.323. The lowest BCUT2D eigenvalue weighted by molar-refractivity contribution is 0.0939. The molecule has 1 fully saturated rings. The molecule has 2 rings (SSSR count). The third kappa shape index (κ3) is 3.29. The molecule has 0 saturated carbocycles. The second-order valence-corrected chi connectivity index (χ2v) is 4.95. The Morgan fingerprint density at radius 3 is 2.83 bits per heavy atom. The summed E-state index contributed by atoms with van der Waals surface area (Å²) in [7, 11) is 0. The Bertz CT molecular complexity index is 405. The fraction of sp³-hybridized carbons (Fsp3) is 0.500. The van der Waals surface area contributed by atoms with Crippen LogP contribution >= 0.6 is 0 Å². The maximum Gasteiger partial charge on any atom is 0.251 e. The molecule has 0 bridgehead atoms. The second kappa shape index (κ2) is 5.96. The highest BCUT2D eigenvalue weighted by atomic mass is 19.1. The number of nitrogens with one attached hydrogen (secondary N) is 2. The maximum absolute atomic E-state index is 12.7. The summed E-state index contributed by atoms with van der Waals surface area (Å²) in [6.45, 7) is 4.90. The first-order chi connectivity index (χ1) is 8.66. The number of carbonyl (C=O) groups excluding carboxylic acids is 1. The molecule has 18 heavy (non-hydrogen) atoms. The van der Waals surface area contributed by atoms with Gasteiger partial charge in [-0.2, -0.15) is 0 Å². The number of amides is 1. The monoisotopic (exact) mass is 250 g/mol. The molecule has 2 unspecified atom stereocenters. The smallest absolute Gasteiger partial charge is 0.251 e. The SMILES string of the molecule is CC1CCNCC1CNC(=O)c1ccc(F)cc1. The fourth-order valence-electron chi connectivity index (χ4n) is 2.25. The van der Waals surface area contributed by atoms with E-state index in [1.54, 1.807) is 0 Å². The number of carbonyl (C=O) groups is 1. The molecular weight excluding hydrogens is 231 g/mol. The first-order valence-electron chi connectivity index (χ1n) is 6.41. The van der Waals surface area contributed by atoms with E-state index in [9.17, 15) is 9.18 Å². The number of halogens is 1. The van der Waals surface area contributed by atoms with Gasteiger partial charge in [-0.15, -0.1) is 0 Å². The Hall–Kier alpha value is -1.42. The first kappa shape index (κ1) is 13.0. The van der Waals surface area contributed by atoms with Crippen LogP contribution in [0.5, 0.6) is 0 Å². The topological polar surface area (TPSA) is 41.1 Å². The highest BCUT2D eigenvalue weighted by Crippen LogP contribution is 2.17. The largest absolute Gasteiger partial charge is 0.352 e. The maximum atomic E-state index is 12.7. The zero-order valence-corrected chi connectivity index (χ0v) is 10.6. The van der Waals surface area contributed by atoms with E-state index in [0.717, 1.165) is 19.5 Å². The van der Waals surface area contributed by atoms with Crippen LogP contribution in [0.15, 0.2) is 24.3 Å².